The minimum absolute atomic E-state index is 0.787. The summed E-state index contributed by atoms with van der Waals surface area (Å²) < 4.78 is 0. The highest BCUT2D eigenvalue weighted by Gasteiger charge is 2.03. The smallest absolute Gasteiger partial charge is 0.0654 e. The van der Waals surface area contributed by atoms with Crippen molar-refractivity contribution < 1.29 is 0 Å². The summed E-state index contributed by atoms with van der Waals surface area (Å²) in [5.41, 5.74) is 1.52. The number of hydrogen-bond donors (Lipinski definition) is 0. The SMILES string of the molecule is CCCCc1ccccc1[Si]c1ccccc1. The van der Waals surface area contributed by atoms with Gasteiger partial charge >= 0.3 is 0 Å². The molecule has 2 rings (SSSR count). The molecule has 17 heavy (non-hydrogen) atoms. The Kier molecular flexibility index (Phi) is 4.57. The third-order valence-electron chi connectivity index (χ3n) is 2.87. The summed E-state index contributed by atoms with van der Waals surface area (Å²) >= 11 is 0. The monoisotopic (exact) mass is 238 g/mol. The van der Waals surface area contributed by atoms with E-state index in [0.29, 0.717) is 0 Å². The predicted octanol–water partition coefficient (Wildman–Crippen LogP) is 2.68. The van der Waals surface area contributed by atoms with Crippen molar-refractivity contribution in [2.45, 2.75) is 26.2 Å². The lowest BCUT2D eigenvalue weighted by Gasteiger charge is -2.08. The molecule has 86 valence electrons. The Balaban J connectivity index is 2.15. The van der Waals surface area contributed by atoms with Gasteiger partial charge in [0.2, 0.25) is 0 Å². The molecule has 0 bridgehead atoms. The van der Waals surface area contributed by atoms with Crippen molar-refractivity contribution in [3.8, 4) is 0 Å². The molecule has 0 aromatic heterocycles. The van der Waals surface area contributed by atoms with Crippen LogP contribution in [0.15, 0.2) is 54.6 Å². The number of hydrogen-bond acceptors (Lipinski definition) is 0. The van der Waals surface area contributed by atoms with Crippen molar-refractivity contribution in [2.24, 2.45) is 0 Å². The Bertz CT molecular complexity index is 448. The normalized spacial score (nSPS) is 10.4. The van der Waals surface area contributed by atoms with Crippen molar-refractivity contribution in [1.29, 1.82) is 0 Å². The quantitative estimate of drug-likeness (QED) is 0.703. The van der Waals surface area contributed by atoms with Gasteiger partial charge in [0.05, 0.1) is 0 Å². The van der Waals surface area contributed by atoms with Crippen LogP contribution in [0.3, 0.4) is 0 Å². The minimum Gasteiger partial charge on any atom is -0.0654 e. The molecular formula is C16H18Si. The summed E-state index contributed by atoms with van der Waals surface area (Å²) in [5.74, 6) is 0. The lowest BCUT2D eigenvalue weighted by atomic mass is 10.1. The van der Waals surface area contributed by atoms with E-state index in [1.54, 1.807) is 0 Å². The fraction of sp³-hybridized carbons (Fsp3) is 0.250. The van der Waals surface area contributed by atoms with Gasteiger partial charge in [-0.15, -0.1) is 0 Å². The zero-order valence-corrected chi connectivity index (χ0v) is 11.3. The van der Waals surface area contributed by atoms with E-state index in [-0.39, 0.29) is 0 Å². The van der Waals surface area contributed by atoms with Crippen LogP contribution in [0, 0.1) is 0 Å². The lowest BCUT2D eigenvalue weighted by Crippen LogP contribution is -2.29. The second-order valence-electron chi connectivity index (χ2n) is 4.25. The largest absolute Gasteiger partial charge is 0.121 e. The second-order valence-corrected chi connectivity index (χ2v) is 5.62. The third-order valence-corrected chi connectivity index (χ3v) is 4.25. The fourth-order valence-electron chi connectivity index (χ4n) is 1.90. The molecule has 0 aliphatic carbocycles. The van der Waals surface area contributed by atoms with Gasteiger partial charge in [0.15, 0.2) is 0 Å². The maximum atomic E-state index is 2.28. The van der Waals surface area contributed by atoms with Crippen LogP contribution in [-0.2, 0) is 6.42 Å². The molecule has 0 aliphatic heterocycles. The van der Waals surface area contributed by atoms with Crippen LogP contribution >= 0.6 is 0 Å². The summed E-state index contributed by atoms with van der Waals surface area (Å²) in [6.45, 7) is 2.25. The van der Waals surface area contributed by atoms with E-state index in [9.17, 15) is 0 Å². The number of aryl methyl sites for hydroxylation is 1. The molecular weight excluding hydrogens is 220 g/mol. The van der Waals surface area contributed by atoms with Crippen molar-refractivity contribution >= 4 is 19.9 Å². The standard InChI is InChI=1S/C16H18Si/c1-2-3-9-14-10-7-8-13-16(14)17-15-11-5-4-6-12-15/h4-8,10-13H,2-3,9H2,1H3. The Hall–Kier alpha value is -1.34. The predicted molar refractivity (Wildman–Crippen MR) is 76.5 cm³/mol. The highest BCUT2D eigenvalue weighted by atomic mass is 28.2. The number of rotatable bonds is 5. The Morgan fingerprint density at radius 3 is 2.35 bits per heavy atom. The van der Waals surface area contributed by atoms with E-state index in [1.807, 2.05) is 0 Å². The summed E-state index contributed by atoms with van der Waals surface area (Å²) in [6.07, 6.45) is 3.77. The van der Waals surface area contributed by atoms with Gasteiger partial charge in [0.1, 0.15) is 9.52 Å². The molecule has 0 unspecified atom stereocenters. The zero-order valence-electron chi connectivity index (χ0n) is 10.3. The van der Waals surface area contributed by atoms with Gasteiger partial charge in [-0.3, -0.25) is 0 Å². The molecule has 2 radical (unpaired) electrons. The first-order chi connectivity index (χ1) is 8.40. The topological polar surface area (TPSA) is 0 Å². The average Bonchev–Trinajstić information content (AvgIpc) is 2.39. The van der Waals surface area contributed by atoms with Crippen molar-refractivity contribution in [2.75, 3.05) is 0 Å². The molecule has 0 fully saturated rings. The minimum atomic E-state index is 0.787. The van der Waals surface area contributed by atoms with Crippen LogP contribution in [0.1, 0.15) is 25.3 Å². The van der Waals surface area contributed by atoms with Crippen LogP contribution in [0.4, 0.5) is 0 Å². The van der Waals surface area contributed by atoms with E-state index in [0.717, 1.165) is 9.52 Å². The summed E-state index contributed by atoms with van der Waals surface area (Å²) in [4.78, 5) is 0. The van der Waals surface area contributed by atoms with Gasteiger partial charge in [-0.1, -0.05) is 78.3 Å². The van der Waals surface area contributed by atoms with Crippen molar-refractivity contribution in [1.82, 2.24) is 0 Å². The lowest BCUT2D eigenvalue weighted by molar-refractivity contribution is 0.798. The zero-order chi connectivity index (χ0) is 11.9. The van der Waals surface area contributed by atoms with Gasteiger partial charge in [-0.2, -0.15) is 0 Å². The second kappa shape index (κ2) is 6.41. The third kappa shape index (κ3) is 3.57. The van der Waals surface area contributed by atoms with Gasteiger partial charge in [-0.05, 0) is 18.4 Å². The summed E-state index contributed by atoms with van der Waals surface area (Å²) in [7, 11) is 0.787. The molecule has 0 heterocycles. The molecule has 2 aromatic rings. The van der Waals surface area contributed by atoms with Gasteiger partial charge in [0.25, 0.3) is 0 Å². The number of benzene rings is 2. The van der Waals surface area contributed by atoms with E-state index in [4.69, 9.17) is 0 Å². The Morgan fingerprint density at radius 1 is 0.882 bits per heavy atom. The van der Waals surface area contributed by atoms with Crippen LogP contribution in [0.5, 0.6) is 0 Å². The molecule has 0 saturated heterocycles. The van der Waals surface area contributed by atoms with Crippen LogP contribution in [-0.4, -0.2) is 9.52 Å². The van der Waals surface area contributed by atoms with Gasteiger partial charge in [0, 0.05) is 0 Å². The van der Waals surface area contributed by atoms with Crippen molar-refractivity contribution in [3.63, 3.8) is 0 Å². The molecule has 0 aliphatic rings. The van der Waals surface area contributed by atoms with Gasteiger partial charge in [-0.25, -0.2) is 0 Å². The van der Waals surface area contributed by atoms with E-state index >= 15 is 0 Å². The molecule has 0 spiro atoms. The first kappa shape index (κ1) is 12.1. The van der Waals surface area contributed by atoms with Crippen LogP contribution in [0.2, 0.25) is 0 Å². The maximum absolute atomic E-state index is 2.28. The maximum Gasteiger partial charge on any atom is 0.121 e. The first-order valence-corrected chi connectivity index (χ1v) is 7.30. The summed E-state index contributed by atoms with van der Waals surface area (Å²) in [6, 6.07) is 19.6. The van der Waals surface area contributed by atoms with E-state index in [1.165, 1.54) is 35.2 Å². The van der Waals surface area contributed by atoms with Crippen molar-refractivity contribution in [3.05, 3.63) is 60.2 Å². The molecule has 0 atom stereocenters. The molecule has 0 saturated carbocycles. The average molecular weight is 238 g/mol. The highest BCUT2D eigenvalue weighted by molar-refractivity contribution is 6.67. The van der Waals surface area contributed by atoms with E-state index < -0.39 is 0 Å². The Labute approximate surface area is 107 Å². The van der Waals surface area contributed by atoms with Crippen LogP contribution < -0.4 is 10.4 Å². The highest BCUT2D eigenvalue weighted by Crippen LogP contribution is 2.02. The molecule has 2 aromatic carbocycles. The summed E-state index contributed by atoms with van der Waals surface area (Å²) in [5, 5.41) is 2.93. The van der Waals surface area contributed by atoms with Gasteiger partial charge < -0.3 is 0 Å². The number of unbranched alkanes of at least 4 members (excludes halogenated alkanes) is 1. The fourth-order valence-corrected chi connectivity index (χ4v) is 3.12. The molecule has 0 amide bonds. The molecule has 1 heteroatoms. The van der Waals surface area contributed by atoms with E-state index in [2.05, 4.69) is 61.5 Å². The first-order valence-electron chi connectivity index (χ1n) is 6.30. The van der Waals surface area contributed by atoms with Crippen LogP contribution in [0.25, 0.3) is 0 Å². The molecule has 0 N–H and O–H groups in total. The Morgan fingerprint density at radius 2 is 1.59 bits per heavy atom. The molecule has 0 nitrogen and oxygen atoms in total.